The summed E-state index contributed by atoms with van der Waals surface area (Å²) in [5.41, 5.74) is 0. The molecular weight excluding hydrogens is 311 g/mol. The Hall–Kier alpha value is -0.480. The molecule has 0 N–H and O–H groups in total. The van der Waals surface area contributed by atoms with Gasteiger partial charge in [0.2, 0.25) is 0 Å². The van der Waals surface area contributed by atoms with E-state index in [1.807, 2.05) is 23.4 Å². The molecule has 6 heteroatoms. The van der Waals surface area contributed by atoms with Crippen molar-refractivity contribution in [2.75, 3.05) is 11.9 Å². The number of halogens is 3. The first-order chi connectivity index (χ1) is 8.50. The summed E-state index contributed by atoms with van der Waals surface area (Å²) in [5, 5.41) is 3.17. The zero-order valence-corrected chi connectivity index (χ0v) is 12.9. The first-order valence-corrected chi connectivity index (χ1v) is 7.30. The van der Waals surface area contributed by atoms with Crippen LogP contribution < -0.4 is 4.90 Å². The van der Waals surface area contributed by atoms with Gasteiger partial charge in [-0.2, -0.15) is 0 Å². The Morgan fingerprint density at radius 3 is 2.61 bits per heavy atom. The van der Waals surface area contributed by atoms with E-state index >= 15 is 0 Å². The first kappa shape index (κ1) is 13.9. The molecule has 2 nitrogen and oxygen atoms in total. The maximum Gasteiger partial charge on any atom is 0.150 e. The topological polar surface area (TPSA) is 16.1 Å². The molecule has 2 aromatic heterocycles. The third-order valence-electron chi connectivity index (χ3n) is 2.74. The highest BCUT2D eigenvalue weighted by Crippen LogP contribution is 2.35. The summed E-state index contributed by atoms with van der Waals surface area (Å²) in [6.07, 6.45) is 0. The van der Waals surface area contributed by atoms with Crippen LogP contribution in [-0.4, -0.2) is 12.0 Å². The van der Waals surface area contributed by atoms with E-state index in [1.54, 1.807) is 17.4 Å². The lowest BCUT2D eigenvalue weighted by molar-refractivity contribution is 0.742. The lowest BCUT2D eigenvalue weighted by atomic mass is 10.2. The third-order valence-corrected chi connectivity index (χ3v) is 4.73. The predicted molar refractivity (Wildman–Crippen MR) is 80.4 cm³/mol. The van der Waals surface area contributed by atoms with Crippen molar-refractivity contribution < 1.29 is 0 Å². The Kier molecular flexibility index (Phi) is 4.38. The normalized spacial score (nSPS) is 12.5. The second-order valence-electron chi connectivity index (χ2n) is 3.87. The van der Waals surface area contributed by atoms with E-state index < -0.39 is 0 Å². The molecule has 1 atom stereocenters. The van der Waals surface area contributed by atoms with Crippen molar-refractivity contribution in [2.45, 2.75) is 13.0 Å². The van der Waals surface area contributed by atoms with Crippen molar-refractivity contribution in [3.63, 3.8) is 0 Å². The summed E-state index contributed by atoms with van der Waals surface area (Å²) in [4.78, 5) is 7.46. The summed E-state index contributed by atoms with van der Waals surface area (Å²) < 4.78 is 0. The number of aromatic nitrogens is 1. The number of rotatable bonds is 3. The quantitative estimate of drug-likeness (QED) is 0.713. The molecule has 1 unspecified atom stereocenters. The Morgan fingerprint density at radius 2 is 2.00 bits per heavy atom. The minimum Gasteiger partial charge on any atom is -0.351 e. The molecule has 0 bridgehead atoms. The van der Waals surface area contributed by atoms with E-state index in [2.05, 4.69) is 18.0 Å². The number of hydrogen-bond acceptors (Lipinski definition) is 3. The van der Waals surface area contributed by atoms with Gasteiger partial charge in [0, 0.05) is 11.9 Å². The maximum atomic E-state index is 6.16. The highest BCUT2D eigenvalue weighted by Gasteiger charge is 2.18. The van der Waals surface area contributed by atoms with Gasteiger partial charge in [-0.15, -0.1) is 11.3 Å². The van der Waals surface area contributed by atoms with Gasteiger partial charge in [0.25, 0.3) is 0 Å². The average molecular weight is 322 g/mol. The Labute approximate surface area is 125 Å². The van der Waals surface area contributed by atoms with Crippen molar-refractivity contribution in [3.05, 3.63) is 43.7 Å². The summed E-state index contributed by atoms with van der Waals surface area (Å²) in [6.45, 7) is 2.09. The molecule has 0 aliphatic carbocycles. The zero-order chi connectivity index (χ0) is 13.3. The molecule has 0 aliphatic heterocycles. The first-order valence-electron chi connectivity index (χ1n) is 5.28. The van der Waals surface area contributed by atoms with Crippen LogP contribution in [0.15, 0.2) is 23.6 Å². The largest absolute Gasteiger partial charge is 0.351 e. The van der Waals surface area contributed by atoms with Crippen LogP contribution in [0.5, 0.6) is 0 Å². The summed E-state index contributed by atoms with van der Waals surface area (Å²) in [7, 11) is 1.93. The van der Waals surface area contributed by atoms with E-state index in [4.69, 9.17) is 34.8 Å². The standard InChI is InChI=1S/C12H11Cl3N2S/c1-7(10-4-3-5-18-10)17(2)12-9(14)6-8(13)11(15)16-12/h3-7H,1-2H3. The molecule has 0 fully saturated rings. The molecule has 0 radical (unpaired) electrons. The molecule has 0 saturated heterocycles. The molecular formula is C12H11Cl3N2S. The van der Waals surface area contributed by atoms with Crippen LogP contribution in [0.2, 0.25) is 15.2 Å². The molecule has 96 valence electrons. The molecule has 2 aromatic rings. The summed E-state index contributed by atoms with van der Waals surface area (Å²) in [6, 6.07) is 5.89. The van der Waals surface area contributed by atoms with Gasteiger partial charge in [-0.1, -0.05) is 40.9 Å². The van der Waals surface area contributed by atoms with Crippen molar-refractivity contribution in [1.29, 1.82) is 0 Å². The molecule has 0 aliphatic rings. The molecule has 0 aromatic carbocycles. The van der Waals surface area contributed by atoms with Crippen LogP contribution in [0.1, 0.15) is 17.8 Å². The van der Waals surface area contributed by atoms with Crippen LogP contribution in [0.4, 0.5) is 5.82 Å². The third kappa shape index (κ3) is 2.75. The highest BCUT2D eigenvalue weighted by atomic mass is 35.5. The lowest BCUT2D eigenvalue weighted by Crippen LogP contribution is -2.22. The fourth-order valence-corrected chi connectivity index (χ4v) is 3.04. The van der Waals surface area contributed by atoms with Crippen LogP contribution in [0, 0.1) is 0 Å². The van der Waals surface area contributed by atoms with Gasteiger partial charge in [-0.25, -0.2) is 4.98 Å². The van der Waals surface area contributed by atoms with Gasteiger partial charge >= 0.3 is 0 Å². The van der Waals surface area contributed by atoms with Crippen LogP contribution in [0.25, 0.3) is 0 Å². The molecule has 0 saturated carbocycles. The molecule has 0 amide bonds. The van der Waals surface area contributed by atoms with E-state index in [9.17, 15) is 0 Å². The van der Waals surface area contributed by atoms with Gasteiger partial charge < -0.3 is 4.90 Å². The van der Waals surface area contributed by atoms with Gasteiger partial charge in [-0.3, -0.25) is 0 Å². The molecule has 2 rings (SSSR count). The van der Waals surface area contributed by atoms with E-state index in [0.717, 1.165) is 0 Å². The minimum atomic E-state index is 0.173. The van der Waals surface area contributed by atoms with Gasteiger partial charge in [0.1, 0.15) is 11.0 Å². The van der Waals surface area contributed by atoms with Crippen molar-refractivity contribution in [3.8, 4) is 0 Å². The van der Waals surface area contributed by atoms with E-state index in [-0.39, 0.29) is 11.2 Å². The molecule has 2 heterocycles. The van der Waals surface area contributed by atoms with E-state index in [0.29, 0.717) is 15.9 Å². The van der Waals surface area contributed by atoms with Crippen molar-refractivity contribution >= 4 is 52.0 Å². The second-order valence-corrected chi connectivity index (χ2v) is 6.02. The smallest absolute Gasteiger partial charge is 0.150 e. The number of hydrogen-bond donors (Lipinski definition) is 0. The maximum absolute atomic E-state index is 6.16. The lowest BCUT2D eigenvalue weighted by Gasteiger charge is -2.26. The minimum absolute atomic E-state index is 0.173. The Balaban J connectivity index is 2.34. The number of thiophene rings is 1. The van der Waals surface area contributed by atoms with Gasteiger partial charge in [0.05, 0.1) is 16.1 Å². The monoisotopic (exact) mass is 320 g/mol. The SMILES string of the molecule is CC(c1cccs1)N(C)c1nc(Cl)c(Cl)cc1Cl. The number of pyridine rings is 1. The zero-order valence-electron chi connectivity index (χ0n) is 9.82. The fourth-order valence-electron chi connectivity index (χ4n) is 1.59. The van der Waals surface area contributed by atoms with Crippen LogP contribution in [-0.2, 0) is 0 Å². The van der Waals surface area contributed by atoms with E-state index in [1.165, 1.54) is 4.88 Å². The number of nitrogens with zero attached hydrogens (tertiary/aromatic N) is 2. The summed E-state index contributed by atoms with van der Waals surface area (Å²) >= 11 is 19.7. The fraction of sp³-hybridized carbons (Fsp3) is 0.250. The molecule has 18 heavy (non-hydrogen) atoms. The highest BCUT2D eigenvalue weighted by molar-refractivity contribution is 7.10. The second kappa shape index (κ2) is 5.66. The van der Waals surface area contributed by atoms with Crippen molar-refractivity contribution in [1.82, 2.24) is 4.98 Å². The Bertz CT molecular complexity index is 543. The molecule has 0 spiro atoms. The van der Waals surface area contributed by atoms with Gasteiger partial charge in [-0.05, 0) is 24.4 Å². The van der Waals surface area contributed by atoms with Crippen LogP contribution in [0.3, 0.4) is 0 Å². The Morgan fingerprint density at radius 1 is 1.28 bits per heavy atom. The van der Waals surface area contributed by atoms with Gasteiger partial charge in [0.15, 0.2) is 0 Å². The number of anilines is 1. The van der Waals surface area contributed by atoms with Crippen molar-refractivity contribution in [2.24, 2.45) is 0 Å². The summed E-state index contributed by atoms with van der Waals surface area (Å²) in [5.74, 6) is 0.631. The average Bonchev–Trinajstić information content (AvgIpc) is 2.85. The van der Waals surface area contributed by atoms with Crippen LogP contribution >= 0.6 is 46.1 Å². The predicted octanol–water partition coefficient (Wildman–Crippen LogP) is 5.30.